The highest BCUT2D eigenvalue weighted by atomic mass is 32.2. The number of nitrogens with zero attached hydrogens (tertiary/aromatic N) is 4. The Morgan fingerprint density at radius 2 is 2.38 bits per heavy atom. The fraction of sp³-hybridized carbons (Fsp3) is 0.444. The van der Waals surface area contributed by atoms with Crippen LogP contribution in [0, 0.1) is 0 Å². The lowest BCUT2D eigenvalue weighted by atomic mass is 10.6. The molecule has 5 nitrogen and oxygen atoms in total. The van der Waals surface area contributed by atoms with Gasteiger partial charge in [-0.1, -0.05) is 11.8 Å². The predicted octanol–water partition coefficient (Wildman–Crippen LogP) is 1.51. The summed E-state index contributed by atoms with van der Waals surface area (Å²) in [7, 11) is 0. The van der Waals surface area contributed by atoms with Crippen molar-refractivity contribution < 1.29 is 0 Å². The molecular formula is C9H13N5S2. The van der Waals surface area contributed by atoms with Crippen LogP contribution < -0.4 is 5.73 Å². The van der Waals surface area contributed by atoms with Crippen molar-refractivity contribution >= 4 is 23.1 Å². The lowest BCUT2D eigenvalue weighted by Gasteiger charge is -2.04. The van der Waals surface area contributed by atoms with Gasteiger partial charge >= 0.3 is 0 Å². The van der Waals surface area contributed by atoms with E-state index >= 15 is 0 Å². The van der Waals surface area contributed by atoms with E-state index in [4.69, 9.17) is 5.73 Å². The van der Waals surface area contributed by atoms with E-state index in [1.807, 2.05) is 15.5 Å². The van der Waals surface area contributed by atoms with Crippen LogP contribution in [0.5, 0.6) is 0 Å². The molecule has 0 aliphatic carbocycles. The molecule has 2 aromatic rings. The van der Waals surface area contributed by atoms with Gasteiger partial charge in [0.25, 0.3) is 0 Å². The monoisotopic (exact) mass is 255 g/mol. The highest BCUT2D eigenvalue weighted by Crippen LogP contribution is 2.21. The van der Waals surface area contributed by atoms with Crippen molar-refractivity contribution in [2.24, 2.45) is 5.73 Å². The van der Waals surface area contributed by atoms with Gasteiger partial charge in [0.15, 0.2) is 5.16 Å². The molecule has 86 valence electrons. The molecule has 0 aliphatic heterocycles. The first-order valence-corrected chi connectivity index (χ1v) is 6.90. The Hall–Kier alpha value is -0.920. The molecular weight excluding hydrogens is 242 g/mol. The summed E-state index contributed by atoms with van der Waals surface area (Å²) in [5.74, 6) is 1.66. The minimum absolute atomic E-state index is 0.429. The Morgan fingerprint density at radius 3 is 3.00 bits per heavy atom. The molecule has 16 heavy (non-hydrogen) atoms. The summed E-state index contributed by atoms with van der Waals surface area (Å²) in [6.45, 7) is 3.34. The molecule has 0 aliphatic rings. The first-order chi connectivity index (χ1) is 7.85. The number of hydrogen-bond donors (Lipinski definition) is 1. The Bertz CT molecular complexity index is 437. The van der Waals surface area contributed by atoms with Crippen LogP contribution in [0.3, 0.4) is 0 Å². The first kappa shape index (κ1) is 11.6. The molecule has 7 heteroatoms. The third kappa shape index (κ3) is 2.42. The molecule has 0 saturated carbocycles. The molecule has 0 aromatic carbocycles. The molecule has 0 radical (unpaired) electrons. The second kappa shape index (κ2) is 5.42. The highest BCUT2D eigenvalue weighted by Gasteiger charge is 2.10. The smallest absolute Gasteiger partial charge is 0.191 e. The third-order valence-corrected chi connectivity index (χ3v) is 3.76. The van der Waals surface area contributed by atoms with Crippen LogP contribution in [0.2, 0.25) is 0 Å². The van der Waals surface area contributed by atoms with Gasteiger partial charge in [0.1, 0.15) is 5.82 Å². The highest BCUT2D eigenvalue weighted by molar-refractivity contribution is 7.98. The number of hydrogen-bond acceptors (Lipinski definition) is 6. The summed E-state index contributed by atoms with van der Waals surface area (Å²) in [5, 5.41) is 11.1. The van der Waals surface area contributed by atoms with Crippen LogP contribution in [0.25, 0.3) is 0 Å². The van der Waals surface area contributed by atoms with E-state index in [0.29, 0.717) is 6.54 Å². The second-order valence-corrected chi connectivity index (χ2v) is 4.78. The summed E-state index contributed by atoms with van der Waals surface area (Å²) in [6.07, 6.45) is 0. The molecule has 2 heterocycles. The van der Waals surface area contributed by atoms with Crippen molar-refractivity contribution in [2.75, 3.05) is 0 Å². The number of thioether (sulfide) groups is 1. The predicted molar refractivity (Wildman–Crippen MR) is 65.3 cm³/mol. The summed E-state index contributed by atoms with van der Waals surface area (Å²) in [5.41, 5.74) is 8.50. The Balaban J connectivity index is 2.06. The minimum atomic E-state index is 0.429. The van der Waals surface area contributed by atoms with Crippen molar-refractivity contribution in [3.8, 4) is 0 Å². The Labute approximate surface area is 102 Å². The molecule has 0 unspecified atom stereocenters. The van der Waals surface area contributed by atoms with E-state index in [9.17, 15) is 0 Å². The van der Waals surface area contributed by atoms with Gasteiger partial charge in [-0.05, 0) is 6.92 Å². The van der Waals surface area contributed by atoms with Crippen molar-refractivity contribution in [2.45, 2.75) is 30.9 Å². The van der Waals surface area contributed by atoms with Gasteiger partial charge < -0.3 is 10.3 Å². The van der Waals surface area contributed by atoms with Gasteiger partial charge in [-0.15, -0.1) is 21.5 Å². The molecule has 0 atom stereocenters. The SMILES string of the molecule is CCn1c(CN)nnc1SCc1cscn1. The molecule has 2 aromatic heterocycles. The summed E-state index contributed by atoms with van der Waals surface area (Å²) in [4.78, 5) is 4.23. The van der Waals surface area contributed by atoms with Gasteiger partial charge in [-0.25, -0.2) is 4.98 Å². The maximum absolute atomic E-state index is 5.59. The maximum Gasteiger partial charge on any atom is 0.191 e. The van der Waals surface area contributed by atoms with Crippen LogP contribution in [-0.4, -0.2) is 19.7 Å². The standard InChI is InChI=1S/C9H13N5S2/c1-2-14-8(3-10)12-13-9(14)16-5-7-4-15-6-11-7/h4,6H,2-3,5,10H2,1H3. The van der Waals surface area contributed by atoms with Crippen LogP contribution in [-0.2, 0) is 18.8 Å². The lowest BCUT2D eigenvalue weighted by Crippen LogP contribution is -2.08. The average Bonchev–Trinajstić information content (AvgIpc) is 2.94. The topological polar surface area (TPSA) is 69.6 Å². The number of aromatic nitrogens is 4. The first-order valence-electron chi connectivity index (χ1n) is 4.97. The fourth-order valence-corrected chi connectivity index (χ4v) is 2.93. The van der Waals surface area contributed by atoms with E-state index in [0.717, 1.165) is 29.0 Å². The van der Waals surface area contributed by atoms with Crippen LogP contribution in [0.15, 0.2) is 16.0 Å². The van der Waals surface area contributed by atoms with E-state index in [-0.39, 0.29) is 0 Å². The Kier molecular flexibility index (Phi) is 3.92. The molecule has 0 spiro atoms. The average molecular weight is 255 g/mol. The molecule has 0 fully saturated rings. The van der Waals surface area contributed by atoms with E-state index in [2.05, 4.69) is 22.1 Å². The molecule has 0 amide bonds. The number of rotatable bonds is 5. The number of nitrogens with two attached hydrogens (primary N) is 1. The van der Waals surface area contributed by atoms with E-state index < -0.39 is 0 Å². The zero-order chi connectivity index (χ0) is 11.4. The summed E-state index contributed by atoms with van der Waals surface area (Å²) >= 11 is 3.25. The van der Waals surface area contributed by atoms with Crippen molar-refractivity contribution in [1.29, 1.82) is 0 Å². The normalized spacial score (nSPS) is 10.9. The summed E-state index contributed by atoms with van der Waals surface area (Å²) < 4.78 is 2.04. The van der Waals surface area contributed by atoms with Crippen LogP contribution >= 0.6 is 23.1 Å². The molecule has 2 rings (SSSR count). The van der Waals surface area contributed by atoms with Crippen LogP contribution in [0.1, 0.15) is 18.4 Å². The second-order valence-electron chi connectivity index (χ2n) is 3.12. The zero-order valence-corrected chi connectivity index (χ0v) is 10.6. The summed E-state index contributed by atoms with van der Waals surface area (Å²) in [6, 6.07) is 0. The minimum Gasteiger partial charge on any atom is -0.324 e. The van der Waals surface area contributed by atoms with Crippen molar-refractivity contribution in [3.63, 3.8) is 0 Å². The van der Waals surface area contributed by atoms with Gasteiger partial charge in [0.05, 0.1) is 17.7 Å². The Morgan fingerprint density at radius 1 is 1.50 bits per heavy atom. The van der Waals surface area contributed by atoms with Gasteiger partial charge in [-0.3, -0.25) is 0 Å². The molecule has 0 bridgehead atoms. The zero-order valence-electron chi connectivity index (χ0n) is 8.96. The third-order valence-electron chi connectivity index (χ3n) is 2.12. The van der Waals surface area contributed by atoms with Gasteiger partial charge in [0, 0.05) is 17.7 Å². The van der Waals surface area contributed by atoms with Crippen molar-refractivity contribution in [1.82, 2.24) is 19.7 Å². The fourth-order valence-electron chi connectivity index (χ4n) is 1.34. The van der Waals surface area contributed by atoms with Crippen molar-refractivity contribution in [3.05, 3.63) is 22.4 Å². The lowest BCUT2D eigenvalue weighted by molar-refractivity contribution is 0.643. The van der Waals surface area contributed by atoms with E-state index in [1.165, 1.54) is 0 Å². The van der Waals surface area contributed by atoms with Gasteiger partial charge in [0.2, 0.25) is 0 Å². The van der Waals surface area contributed by atoms with E-state index in [1.54, 1.807) is 23.1 Å². The van der Waals surface area contributed by atoms with Gasteiger partial charge in [-0.2, -0.15) is 0 Å². The van der Waals surface area contributed by atoms with Crippen LogP contribution in [0.4, 0.5) is 0 Å². The molecule has 2 N–H and O–H groups in total. The quantitative estimate of drug-likeness (QED) is 0.820. The molecule has 0 saturated heterocycles. The largest absolute Gasteiger partial charge is 0.324 e. The maximum atomic E-state index is 5.59. The number of thiazole rings is 1.